The van der Waals surface area contributed by atoms with Crippen LogP contribution in [0.2, 0.25) is 0 Å². The van der Waals surface area contributed by atoms with Crippen LogP contribution in [0, 0.1) is 0 Å². The van der Waals surface area contributed by atoms with Crippen molar-refractivity contribution in [2.45, 2.75) is 89.8 Å². The SMILES string of the molecule is CC(=O)O[C@H]1CC(=O)O[C@H]2C[C@H](CC/C(Cl)=C\C/C=C\1C)O[C@H]2[C@H](O)/C=C(/C)CC(=O)O. The van der Waals surface area contributed by atoms with Crippen LogP contribution in [0.5, 0.6) is 0 Å². The molecule has 1 fully saturated rings. The number of aliphatic hydroxyl groups is 1. The van der Waals surface area contributed by atoms with Gasteiger partial charge in [-0.25, -0.2) is 0 Å². The molecule has 8 nitrogen and oxygen atoms in total. The van der Waals surface area contributed by atoms with Crippen molar-refractivity contribution >= 4 is 29.5 Å². The molecule has 2 rings (SSSR count). The summed E-state index contributed by atoms with van der Waals surface area (Å²) < 4.78 is 16.9. The van der Waals surface area contributed by atoms with Crippen LogP contribution in [-0.4, -0.2) is 58.6 Å². The van der Waals surface area contributed by atoms with Crippen molar-refractivity contribution in [3.8, 4) is 0 Å². The molecule has 0 amide bonds. The lowest BCUT2D eigenvalue weighted by Crippen LogP contribution is -2.37. The summed E-state index contributed by atoms with van der Waals surface area (Å²) in [7, 11) is 0. The van der Waals surface area contributed by atoms with Gasteiger partial charge in [-0.2, -0.15) is 0 Å². The van der Waals surface area contributed by atoms with Crippen LogP contribution < -0.4 is 0 Å². The third kappa shape index (κ3) is 8.41. The molecule has 0 saturated carbocycles. The van der Waals surface area contributed by atoms with Crippen molar-refractivity contribution in [3.63, 3.8) is 0 Å². The molecule has 0 radical (unpaired) electrons. The Kier molecular flexibility index (Phi) is 9.93. The maximum Gasteiger partial charge on any atom is 0.310 e. The van der Waals surface area contributed by atoms with E-state index in [4.69, 9.17) is 30.9 Å². The lowest BCUT2D eigenvalue weighted by atomic mass is 10.0. The average Bonchev–Trinajstić information content (AvgIpc) is 3.06. The van der Waals surface area contributed by atoms with Gasteiger partial charge in [-0.3, -0.25) is 14.4 Å². The number of carbonyl (C=O) groups excluding carboxylic acids is 2. The maximum atomic E-state index is 12.7. The van der Waals surface area contributed by atoms with E-state index in [0.29, 0.717) is 41.9 Å². The highest BCUT2D eigenvalue weighted by molar-refractivity contribution is 6.29. The predicted molar refractivity (Wildman–Crippen MR) is 117 cm³/mol. The maximum absolute atomic E-state index is 12.7. The molecule has 1 saturated heterocycles. The van der Waals surface area contributed by atoms with Crippen molar-refractivity contribution in [1.29, 1.82) is 0 Å². The van der Waals surface area contributed by atoms with Crippen LogP contribution >= 0.6 is 11.6 Å². The van der Waals surface area contributed by atoms with E-state index in [0.717, 1.165) is 0 Å². The van der Waals surface area contributed by atoms with Crippen LogP contribution in [0.4, 0.5) is 0 Å². The summed E-state index contributed by atoms with van der Waals surface area (Å²) >= 11 is 6.32. The van der Waals surface area contributed by atoms with Gasteiger partial charge in [0.05, 0.1) is 18.9 Å². The fraction of sp³-hybridized carbons (Fsp3) is 0.609. The van der Waals surface area contributed by atoms with Gasteiger partial charge in [0.25, 0.3) is 0 Å². The number of carboxylic acids is 1. The van der Waals surface area contributed by atoms with Crippen LogP contribution in [0.3, 0.4) is 0 Å². The average molecular weight is 471 g/mol. The highest BCUT2D eigenvalue weighted by Crippen LogP contribution is 2.31. The van der Waals surface area contributed by atoms with Gasteiger partial charge in [0.15, 0.2) is 0 Å². The zero-order chi connectivity index (χ0) is 23.8. The third-order valence-corrected chi connectivity index (χ3v) is 5.71. The van der Waals surface area contributed by atoms with Crippen LogP contribution in [0.25, 0.3) is 0 Å². The second-order valence-corrected chi connectivity index (χ2v) is 8.72. The molecule has 2 aliphatic rings. The number of esters is 2. The Balaban J connectivity index is 2.25. The number of hydrogen-bond donors (Lipinski definition) is 2. The number of aliphatic carboxylic acids is 1. The molecule has 0 spiro atoms. The van der Waals surface area contributed by atoms with E-state index < -0.39 is 42.3 Å². The predicted octanol–water partition coefficient (Wildman–Crippen LogP) is 3.41. The van der Waals surface area contributed by atoms with Gasteiger partial charge in [0, 0.05) is 18.4 Å². The van der Waals surface area contributed by atoms with E-state index in [1.165, 1.54) is 13.0 Å². The van der Waals surface area contributed by atoms with E-state index in [-0.39, 0.29) is 18.9 Å². The molecule has 2 N–H and O–H groups in total. The summed E-state index contributed by atoms with van der Waals surface area (Å²) in [5.41, 5.74) is 1.17. The minimum absolute atomic E-state index is 0.169. The molecule has 5 atom stereocenters. The van der Waals surface area contributed by atoms with E-state index in [1.54, 1.807) is 13.8 Å². The van der Waals surface area contributed by atoms with E-state index in [9.17, 15) is 19.5 Å². The molecule has 2 heterocycles. The normalized spacial score (nSPS) is 31.9. The zero-order valence-corrected chi connectivity index (χ0v) is 19.3. The van der Waals surface area contributed by atoms with E-state index in [2.05, 4.69) is 0 Å². The van der Waals surface area contributed by atoms with Gasteiger partial charge >= 0.3 is 17.9 Å². The first-order valence-electron chi connectivity index (χ1n) is 10.7. The first-order chi connectivity index (χ1) is 15.0. The fourth-order valence-electron chi connectivity index (χ4n) is 3.81. The Morgan fingerprint density at radius 1 is 1.34 bits per heavy atom. The second-order valence-electron chi connectivity index (χ2n) is 8.24. The van der Waals surface area contributed by atoms with Crippen molar-refractivity contribution in [3.05, 3.63) is 34.4 Å². The van der Waals surface area contributed by atoms with Gasteiger partial charge in [0.1, 0.15) is 24.4 Å². The number of hydrogen-bond acceptors (Lipinski definition) is 7. The minimum Gasteiger partial charge on any atom is -0.481 e. The molecule has 0 aromatic heterocycles. The topological polar surface area (TPSA) is 119 Å². The lowest BCUT2D eigenvalue weighted by Gasteiger charge is -2.24. The molecule has 9 heteroatoms. The zero-order valence-electron chi connectivity index (χ0n) is 18.6. The standard InChI is InChI=1S/C23H31ClO8/c1-13(10-21(27)28)9-18(26)23-20-11-17(31-23)8-7-16(24)6-4-5-14(2)19(30-15(3)25)12-22(29)32-20/h5-6,9,17-20,23,26H,4,7-8,10-12H2,1-3H3,(H,27,28)/b13-9-,14-5-,16-6+/t17-,18+,19-,20-,23-/m0/s1. The summed E-state index contributed by atoms with van der Waals surface area (Å²) in [5.74, 6) is -2.10. The monoisotopic (exact) mass is 470 g/mol. The van der Waals surface area contributed by atoms with E-state index in [1.807, 2.05) is 12.2 Å². The largest absolute Gasteiger partial charge is 0.481 e. The quantitative estimate of drug-likeness (QED) is 0.463. The highest BCUT2D eigenvalue weighted by Gasteiger charge is 2.41. The summed E-state index contributed by atoms with van der Waals surface area (Å²) in [6, 6.07) is 0. The number of fused-ring (bicyclic) bond motifs is 2. The van der Waals surface area contributed by atoms with Crippen molar-refractivity contribution < 1.29 is 38.8 Å². The number of carboxylic acid groups (broad SMARTS) is 1. The molecule has 0 aromatic rings. The molecular weight excluding hydrogens is 440 g/mol. The fourth-order valence-corrected chi connectivity index (χ4v) is 4.01. The third-order valence-electron chi connectivity index (χ3n) is 5.37. The van der Waals surface area contributed by atoms with Gasteiger partial charge in [-0.1, -0.05) is 35.4 Å². The Labute approximate surface area is 192 Å². The Bertz CT molecular complexity index is 800. The van der Waals surface area contributed by atoms with Gasteiger partial charge in [-0.05, 0) is 38.7 Å². The van der Waals surface area contributed by atoms with E-state index >= 15 is 0 Å². The van der Waals surface area contributed by atoms with Crippen molar-refractivity contribution in [1.82, 2.24) is 0 Å². The van der Waals surface area contributed by atoms with Gasteiger partial charge in [0.2, 0.25) is 0 Å². The Morgan fingerprint density at radius 2 is 2.06 bits per heavy atom. The number of halogens is 1. The molecular formula is C23H31ClO8. The molecule has 2 aliphatic heterocycles. The summed E-state index contributed by atoms with van der Waals surface area (Å²) in [5, 5.41) is 20.3. The molecule has 2 bridgehead atoms. The van der Waals surface area contributed by atoms with Crippen LogP contribution in [0.15, 0.2) is 34.4 Å². The number of ether oxygens (including phenoxy) is 3. The van der Waals surface area contributed by atoms with Gasteiger partial charge < -0.3 is 24.4 Å². The molecule has 0 aromatic carbocycles. The number of carbonyl (C=O) groups is 3. The summed E-state index contributed by atoms with van der Waals surface area (Å²) in [6.45, 7) is 4.64. The Morgan fingerprint density at radius 3 is 2.72 bits per heavy atom. The number of allylic oxidation sites excluding steroid dienone is 3. The van der Waals surface area contributed by atoms with Crippen molar-refractivity contribution in [2.24, 2.45) is 0 Å². The number of aliphatic hydroxyl groups excluding tert-OH is 1. The lowest BCUT2D eigenvalue weighted by molar-refractivity contribution is -0.159. The van der Waals surface area contributed by atoms with Crippen molar-refractivity contribution in [2.75, 3.05) is 0 Å². The summed E-state index contributed by atoms with van der Waals surface area (Å²) in [4.78, 5) is 35.1. The Hall–Kier alpha value is -2.16. The minimum atomic E-state index is -1.15. The molecule has 0 aliphatic carbocycles. The first kappa shape index (κ1) is 26.1. The highest BCUT2D eigenvalue weighted by atomic mass is 35.5. The molecule has 0 unspecified atom stereocenters. The van der Waals surface area contributed by atoms with Crippen LogP contribution in [0.1, 0.15) is 59.3 Å². The smallest absolute Gasteiger partial charge is 0.310 e. The molecule has 32 heavy (non-hydrogen) atoms. The summed E-state index contributed by atoms with van der Waals surface area (Å²) in [6.07, 6.45) is 3.01. The van der Waals surface area contributed by atoms with Crippen LogP contribution in [-0.2, 0) is 28.6 Å². The second kappa shape index (κ2) is 12.2. The van der Waals surface area contributed by atoms with Gasteiger partial charge in [-0.15, -0.1) is 0 Å². The first-order valence-corrected chi connectivity index (χ1v) is 11.0. The molecule has 178 valence electrons. The number of rotatable bonds is 5.